The van der Waals surface area contributed by atoms with Gasteiger partial charge in [-0.25, -0.2) is 4.99 Å². The Morgan fingerprint density at radius 3 is 2.69 bits per heavy atom. The number of anilines is 1. The number of thioether (sulfide) groups is 1. The second kappa shape index (κ2) is 9.37. The van der Waals surface area contributed by atoms with Crippen LogP contribution >= 0.6 is 23.4 Å². The molecular formula is C22H24ClN3O2S. The van der Waals surface area contributed by atoms with Gasteiger partial charge in [0.15, 0.2) is 5.17 Å². The third-order valence-corrected chi connectivity index (χ3v) is 6.06. The lowest BCUT2D eigenvalue weighted by molar-refractivity contribution is -0.115. The zero-order valence-electron chi connectivity index (χ0n) is 17.0. The number of halogens is 1. The monoisotopic (exact) mass is 429 g/mol. The Kier molecular flexibility index (Phi) is 6.87. The van der Waals surface area contributed by atoms with Crippen LogP contribution in [0.4, 0.5) is 11.4 Å². The van der Waals surface area contributed by atoms with Gasteiger partial charge in [-0.2, -0.15) is 0 Å². The summed E-state index contributed by atoms with van der Waals surface area (Å²) in [5, 5.41) is 4.00. The largest absolute Gasteiger partial charge is 0.496 e. The number of amidine groups is 1. The highest BCUT2D eigenvalue weighted by atomic mass is 35.5. The fourth-order valence-corrected chi connectivity index (χ4v) is 4.05. The summed E-state index contributed by atoms with van der Waals surface area (Å²) in [5.74, 6) is 0.551. The Bertz CT molecular complexity index is 984. The molecule has 3 rings (SSSR count). The summed E-state index contributed by atoms with van der Waals surface area (Å²) in [7, 11) is 1.64. The number of rotatable bonds is 6. The molecule has 5 nitrogen and oxygen atoms in total. The average molecular weight is 430 g/mol. The van der Waals surface area contributed by atoms with Gasteiger partial charge in [0.25, 0.3) is 5.91 Å². The summed E-state index contributed by atoms with van der Waals surface area (Å²) in [6.45, 7) is 7.98. The van der Waals surface area contributed by atoms with Crippen molar-refractivity contribution in [2.24, 2.45) is 4.99 Å². The molecule has 1 N–H and O–H groups in total. The normalized spacial score (nSPS) is 16.4. The van der Waals surface area contributed by atoms with E-state index in [9.17, 15) is 4.79 Å². The van der Waals surface area contributed by atoms with Crippen LogP contribution in [-0.2, 0) is 4.79 Å². The van der Waals surface area contributed by atoms with Gasteiger partial charge in [0.2, 0.25) is 0 Å². The molecule has 1 heterocycles. The number of carbonyl (C=O) groups excluding carboxylic acids is 1. The van der Waals surface area contributed by atoms with Crippen LogP contribution in [0.1, 0.15) is 25.0 Å². The van der Waals surface area contributed by atoms with E-state index in [1.54, 1.807) is 7.11 Å². The van der Waals surface area contributed by atoms with Gasteiger partial charge in [-0.15, -0.1) is 0 Å². The van der Waals surface area contributed by atoms with Crippen LogP contribution in [0.5, 0.6) is 5.75 Å². The van der Waals surface area contributed by atoms with E-state index in [-0.39, 0.29) is 5.91 Å². The second-order valence-electron chi connectivity index (χ2n) is 6.46. The van der Waals surface area contributed by atoms with E-state index in [0.717, 1.165) is 41.3 Å². The quantitative estimate of drug-likeness (QED) is 0.625. The van der Waals surface area contributed by atoms with Crippen molar-refractivity contribution in [3.63, 3.8) is 0 Å². The lowest BCUT2D eigenvalue weighted by Gasteiger charge is -2.22. The van der Waals surface area contributed by atoms with Crippen LogP contribution in [-0.4, -0.2) is 31.3 Å². The molecule has 1 aliphatic rings. The summed E-state index contributed by atoms with van der Waals surface area (Å²) in [6, 6.07) is 11.6. The molecule has 1 saturated heterocycles. The lowest BCUT2D eigenvalue weighted by atomic mass is 10.1. The molecule has 0 atom stereocenters. The summed E-state index contributed by atoms with van der Waals surface area (Å²) >= 11 is 7.46. The van der Waals surface area contributed by atoms with Gasteiger partial charge in [0.05, 0.1) is 17.7 Å². The molecule has 2 aromatic rings. The predicted octanol–water partition coefficient (Wildman–Crippen LogP) is 5.39. The third-order valence-electron chi connectivity index (χ3n) is 4.74. The first-order valence-electron chi connectivity index (χ1n) is 9.44. The van der Waals surface area contributed by atoms with Gasteiger partial charge in [0, 0.05) is 35.4 Å². The number of carbonyl (C=O) groups is 1. The van der Waals surface area contributed by atoms with Crippen molar-refractivity contribution in [3.05, 3.63) is 57.5 Å². The lowest BCUT2D eigenvalue weighted by Crippen LogP contribution is -2.21. The molecule has 0 aliphatic carbocycles. The van der Waals surface area contributed by atoms with Crippen molar-refractivity contribution in [2.75, 3.05) is 25.1 Å². The van der Waals surface area contributed by atoms with Gasteiger partial charge < -0.3 is 15.0 Å². The Hall–Kier alpha value is -2.44. The molecule has 0 saturated carbocycles. The second-order valence-corrected chi connectivity index (χ2v) is 7.90. The zero-order valence-corrected chi connectivity index (χ0v) is 18.5. The number of amides is 1. The Morgan fingerprint density at radius 1 is 1.24 bits per heavy atom. The maximum Gasteiger partial charge on any atom is 0.264 e. The number of nitrogens with one attached hydrogen (secondary N) is 1. The summed E-state index contributed by atoms with van der Waals surface area (Å²) < 4.78 is 5.56. The van der Waals surface area contributed by atoms with Crippen LogP contribution in [0.15, 0.2) is 46.3 Å². The number of hydrogen-bond donors (Lipinski definition) is 1. The number of hydrogen-bond acceptors (Lipinski definition) is 5. The Balaban J connectivity index is 1.88. The highest BCUT2D eigenvalue weighted by Crippen LogP contribution is 2.33. The molecule has 152 valence electrons. The predicted molar refractivity (Wildman–Crippen MR) is 124 cm³/mol. The molecule has 7 heteroatoms. The van der Waals surface area contributed by atoms with Crippen LogP contribution in [0.25, 0.3) is 6.08 Å². The van der Waals surface area contributed by atoms with Crippen molar-refractivity contribution >= 4 is 51.9 Å². The number of aliphatic imine (C=N–C) groups is 1. The van der Waals surface area contributed by atoms with Crippen molar-refractivity contribution in [3.8, 4) is 5.75 Å². The molecule has 0 spiro atoms. The highest BCUT2D eigenvalue weighted by Gasteiger charge is 2.24. The topological polar surface area (TPSA) is 53.9 Å². The maximum atomic E-state index is 12.4. The zero-order chi connectivity index (χ0) is 21.0. The van der Waals surface area contributed by atoms with Crippen molar-refractivity contribution < 1.29 is 9.53 Å². The van der Waals surface area contributed by atoms with Crippen molar-refractivity contribution in [1.82, 2.24) is 5.32 Å². The van der Waals surface area contributed by atoms with E-state index in [0.29, 0.717) is 15.1 Å². The Labute approximate surface area is 180 Å². The fourth-order valence-electron chi connectivity index (χ4n) is 3.05. The minimum absolute atomic E-state index is 0.177. The number of ether oxygens (including phenoxy) is 1. The third kappa shape index (κ3) is 4.77. The summed E-state index contributed by atoms with van der Waals surface area (Å²) in [4.78, 5) is 19.8. The molecule has 2 aromatic carbocycles. The Morgan fingerprint density at radius 2 is 2.00 bits per heavy atom. The van der Waals surface area contributed by atoms with Crippen molar-refractivity contribution in [2.45, 2.75) is 20.8 Å². The molecule has 1 aliphatic heterocycles. The smallest absolute Gasteiger partial charge is 0.264 e. The number of benzene rings is 2. The molecule has 0 aromatic heterocycles. The minimum Gasteiger partial charge on any atom is -0.496 e. The van der Waals surface area contributed by atoms with Crippen LogP contribution < -0.4 is 15.0 Å². The van der Waals surface area contributed by atoms with Gasteiger partial charge >= 0.3 is 0 Å². The molecule has 29 heavy (non-hydrogen) atoms. The molecule has 0 radical (unpaired) electrons. The average Bonchev–Trinajstić information content (AvgIpc) is 3.06. The standard InChI is InChI=1S/C22H24ClN3O2S/c1-5-26(6-2)16-11-10-15(19(13-16)28-4)12-20-21(27)25-22(29-20)24-18-9-7-8-17(23)14(18)3/h7-13H,5-6H2,1-4H3,(H,24,25,27)/b20-12+. The number of nitrogens with zero attached hydrogens (tertiary/aromatic N) is 2. The van der Waals surface area contributed by atoms with Crippen LogP contribution in [0.2, 0.25) is 5.02 Å². The first-order chi connectivity index (χ1) is 14.0. The molecule has 0 bridgehead atoms. The van der Waals surface area contributed by atoms with Gasteiger partial charge in [-0.3, -0.25) is 4.79 Å². The van der Waals surface area contributed by atoms with E-state index >= 15 is 0 Å². The van der Waals surface area contributed by atoms with Gasteiger partial charge in [0.1, 0.15) is 5.75 Å². The van der Waals surface area contributed by atoms with E-state index in [1.165, 1.54) is 11.8 Å². The van der Waals surface area contributed by atoms with Crippen LogP contribution in [0, 0.1) is 6.92 Å². The van der Waals surface area contributed by atoms with Crippen LogP contribution in [0.3, 0.4) is 0 Å². The first kappa shape index (κ1) is 21.3. The molecule has 1 fully saturated rings. The summed E-state index contributed by atoms with van der Waals surface area (Å²) in [5.41, 5.74) is 3.56. The van der Waals surface area contributed by atoms with E-state index in [2.05, 4.69) is 29.1 Å². The number of methoxy groups -OCH3 is 1. The fraction of sp³-hybridized carbons (Fsp3) is 0.273. The SMILES string of the molecule is CCN(CC)c1ccc(/C=C2/SC(=Nc3cccc(Cl)c3C)NC2=O)c(OC)c1. The van der Waals surface area contributed by atoms with Crippen molar-refractivity contribution in [1.29, 1.82) is 0 Å². The molecular weight excluding hydrogens is 406 g/mol. The first-order valence-corrected chi connectivity index (χ1v) is 10.6. The van der Waals surface area contributed by atoms with Gasteiger partial charge in [-0.1, -0.05) is 17.7 Å². The molecule has 1 amide bonds. The summed E-state index contributed by atoms with van der Waals surface area (Å²) in [6.07, 6.45) is 1.83. The molecule has 0 unspecified atom stereocenters. The maximum absolute atomic E-state index is 12.4. The minimum atomic E-state index is -0.177. The van der Waals surface area contributed by atoms with Gasteiger partial charge in [-0.05, 0) is 68.4 Å². The van der Waals surface area contributed by atoms with E-state index in [1.807, 2.05) is 49.4 Å². The van der Waals surface area contributed by atoms with E-state index in [4.69, 9.17) is 16.3 Å². The highest BCUT2D eigenvalue weighted by molar-refractivity contribution is 8.18. The van der Waals surface area contributed by atoms with E-state index < -0.39 is 0 Å².